The van der Waals surface area contributed by atoms with Gasteiger partial charge in [-0.1, -0.05) is 18.2 Å². The van der Waals surface area contributed by atoms with Crippen LogP contribution in [-0.2, 0) is 0 Å². The molecule has 0 aliphatic carbocycles. The van der Waals surface area contributed by atoms with Crippen LogP contribution in [0, 0.1) is 0 Å². The molecule has 6 heteroatoms. The molecule has 0 bridgehead atoms. The summed E-state index contributed by atoms with van der Waals surface area (Å²) in [5.74, 6) is 0.575. The predicted octanol–water partition coefficient (Wildman–Crippen LogP) is 2.21. The van der Waals surface area contributed by atoms with Gasteiger partial charge in [-0.05, 0) is 18.2 Å². The van der Waals surface area contributed by atoms with Crippen molar-refractivity contribution in [1.82, 2.24) is 19.7 Å². The summed E-state index contributed by atoms with van der Waals surface area (Å²) in [6.45, 7) is 0. The van der Waals surface area contributed by atoms with Crippen LogP contribution in [-0.4, -0.2) is 19.7 Å². The fraction of sp³-hybridized carbons (Fsp3) is 0.0556. The number of hydrogen-bond donors (Lipinski definition) is 1. The van der Waals surface area contributed by atoms with Crippen molar-refractivity contribution in [3.05, 3.63) is 71.9 Å². The number of H-pyrrole nitrogens is 1. The summed E-state index contributed by atoms with van der Waals surface area (Å²) in [6.07, 6.45) is 10.2. The molecule has 0 amide bonds. The molecule has 1 aliphatic rings. The summed E-state index contributed by atoms with van der Waals surface area (Å²) in [4.78, 5) is 12.1. The first-order chi connectivity index (χ1) is 11.9. The molecule has 4 heterocycles. The van der Waals surface area contributed by atoms with E-state index in [-0.39, 0.29) is 0 Å². The number of allylic oxidation sites excluding steroid dienone is 1. The molecule has 1 aromatic carbocycles. The van der Waals surface area contributed by atoms with Crippen molar-refractivity contribution in [3.8, 4) is 11.5 Å². The predicted molar refractivity (Wildman–Crippen MR) is 89.4 cm³/mol. The van der Waals surface area contributed by atoms with Gasteiger partial charge in [0.1, 0.15) is 11.0 Å². The van der Waals surface area contributed by atoms with Crippen LogP contribution >= 0.6 is 0 Å². The van der Waals surface area contributed by atoms with Gasteiger partial charge in [0.25, 0.3) is 0 Å². The maximum Gasteiger partial charge on any atom is 0.230 e. The zero-order valence-corrected chi connectivity index (χ0v) is 12.7. The Bertz CT molecular complexity index is 1160. The van der Waals surface area contributed by atoms with Gasteiger partial charge < -0.3 is 9.40 Å². The summed E-state index contributed by atoms with van der Waals surface area (Å²) in [5, 5.41) is 5.55. The molecule has 24 heavy (non-hydrogen) atoms. The van der Waals surface area contributed by atoms with E-state index in [1.165, 1.54) is 0 Å². The highest BCUT2D eigenvalue weighted by Crippen LogP contribution is 2.24. The highest BCUT2D eigenvalue weighted by atomic mass is 16.3. The lowest BCUT2D eigenvalue weighted by Crippen LogP contribution is -2.26. The maximum atomic E-state index is 5.82. The Kier molecular flexibility index (Phi) is 2.75. The standard InChI is InChI=1S/C18H13N5O/c1-2-6-16-14(4-1)22-18(24-16)12-10-21-23(11-12)15-5-3-8-19-17-13(15)7-9-20-17/h1-4,6-11H,5H2,(H,19,20). The van der Waals surface area contributed by atoms with Crippen molar-refractivity contribution in [2.75, 3.05) is 0 Å². The molecule has 0 radical (unpaired) electrons. The van der Waals surface area contributed by atoms with Gasteiger partial charge in [0.15, 0.2) is 5.58 Å². The van der Waals surface area contributed by atoms with Crippen LogP contribution in [0.15, 0.2) is 70.6 Å². The first-order valence-electron chi connectivity index (χ1n) is 7.69. The number of fused-ring (bicyclic) bond motifs is 2. The molecule has 0 atom stereocenters. The number of rotatable bonds is 2. The van der Waals surface area contributed by atoms with Crippen molar-refractivity contribution in [1.29, 1.82) is 0 Å². The molecule has 0 saturated heterocycles. The van der Waals surface area contributed by atoms with Gasteiger partial charge in [-0.15, -0.1) is 0 Å². The molecule has 0 saturated carbocycles. The molecule has 4 aromatic rings. The highest BCUT2D eigenvalue weighted by Gasteiger charge is 2.12. The van der Waals surface area contributed by atoms with Crippen molar-refractivity contribution in [2.24, 2.45) is 4.99 Å². The Morgan fingerprint density at radius 1 is 1.17 bits per heavy atom. The molecule has 0 fully saturated rings. The third kappa shape index (κ3) is 2.00. The number of hydrogen-bond acceptors (Lipinski definition) is 4. The molecule has 5 rings (SSSR count). The number of aromatic nitrogens is 4. The number of aromatic amines is 1. The van der Waals surface area contributed by atoms with Gasteiger partial charge >= 0.3 is 0 Å². The van der Waals surface area contributed by atoms with Crippen molar-refractivity contribution in [3.63, 3.8) is 0 Å². The molecule has 0 spiro atoms. The topological polar surface area (TPSA) is 72.0 Å². The number of nitrogens with zero attached hydrogens (tertiary/aromatic N) is 4. The third-order valence-electron chi connectivity index (χ3n) is 4.06. The van der Waals surface area contributed by atoms with Crippen molar-refractivity contribution < 1.29 is 4.42 Å². The van der Waals surface area contributed by atoms with Gasteiger partial charge in [0.2, 0.25) is 5.89 Å². The van der Waals surface area contributed by atoms with Gasteiger partial charge in [0, 0.05) is 30.2 Å². The number of oxazole rings is 1. The lowest BCUT2D eigenvalue weighted by atomic mass is 10.2. The Morgan fingerprint density at radius 3 is 3.08 bits per heavy atom. The van der Waals surface area contributed by atoms with Crippen molar-refractivity contribution >= 4 is 16.8 Å². The van der Waals surface area contributed by atoms with Gasteiger partial charge in [-0.3, -0.25) is 0 Å². The first-order valence-corrected chi connectivity index (χ1v) is 7.69. The first kappa shape index (κ1) is 13.1. The smallest absolute Gasteiger partial charge is 0.230 e. The van der Waals surface area contributed by atoms with E-state index in [1.54, 1.807) is 6.20 Å². The SMILES string of the molecule is C1=CN=c2[nH]ccc2=C(n2cc(-c3nc4ccccc4o3)cn2)C1. The number of benzene rings is 1. The minimum Gasteiger partial charge on any atom is -0.436 e. The second kappa shape index (κ2) is 5.06. The van der Waals surface area contributed by atoms with E-state index in [1.807, 2.05) is 59.7 Å². The van der Waals surface area contributed by atoms with Gasteiger partial charge in [0.05, 0.1) is 17.5 Å². The van der Waals surface area contributed by atoms with E-state index < -0.39 is 0 Å². The van der Waals surface area contributed by atoms with Crippen LogP contribution in [0.2, 0.25) is 0 Å². The summed E-state index contributed by atoms with van der Waals surface area (Å²) < 4.78 is 7.68. The minimum absolute atomic E-state index is 0.575. The molecule has 0 unspecified atom stereocenters. The average molecular weight is 315 g/mol. The van der Waals surface area contributed by atoms with E-state index in [0.29, 0.717) is 5.89 Å². The van der Waals surface area contributed by atoms with Crippen LogP contribution in [0.1, 0.15) is 6.42 Å². The second-order valence-electron chi connectivity index (χ2n) is 5.56. The molecule has 1 aliphatic heterocycles. The summed E-state index contributed by atoms with van der Waals surface area (Å²) >= 11 is 0. The largest absolute Gasteiger partial charge is 0.436 e. The highest BCUT2D eigenvalue weighted by molar-refractivity contribution is 5.75. The van der Waals surface area contributed by atoms with Crippen LogP contribution in [0.5, 0.6) is 0 Å². The molecular weight excluding hydrogens is 302 g/mol. The molecule has 1 N–H and O–H groups in total. The normalized spacial score (nSPS) is 13.8. The average Bonchev–Trinajstić information content (AvgIpc) is 3.32. The Morgan fingerprint density at radius 2 is 2.12 bits per heavy atom. The van der Waals surface area contributed by atoms with Crippen molar-refractivity contribution in [2.45, 2.75) is 6.42 Å². The van der Waals surface area contributed by atoms with E-state index in [2.05, 4.69) is 20.1 Å². The summed E-state index contributed by atoms with van der Waals surface area (Å²) in [7, 11) is 0. The molecule has 3 aromatic heterocycles. The van der Waals surface area contributed by atoms with Crippen LogP contribution < -0.4 is 10.7 Å². The summed E-state index contributed by atoms with van der Waals surface area (Å²) in [6, 6.07) is 9.75. The Balaban J connectivity index is 1.64. The quantitative estimate of drug-likeness (QED) is 0.616. The monoisotopic (exact) mass is 315 g/mol. The molecular formula is C18H13N5O. The van der Waals surface area contributed by atoms with Crippen LogP contribution in [0.3, 0.4) is 0 Å². The molecule has 6 nitrogen and oxygen atoms in total. The lowest BCUT2D eigenvalue weighted by Gasteiger charge is -2.02. The third-order valence-corrected chi connectivity index (χ3v) is 4.06. The second-order valence-corrected chi connectivity index (χ2v) is 5.56. The fourth-order valence-corrected chi connectivity index (χ4v) is 2.90. The van der Waals surface area contributed by atoms with Gasteiger partial charge in [-0.25, -0.2) is 14.7 Å². The van der Waals surface area contributed by atoms with Crippen LogP contribution in [0.4, 0.5) is 0 Å². The van der Waals surface area contributed by atoms with E-state index in [4.69, 9.17) is 4.42 Å². The molecule has 116 valence electrons. The lowest BCUT2D eigenvalue weighted by molar-refractivity contribution is 0.620. The zero-order valence-electron chi connectivity index (χ0n) is 12.7. The maximum absolute atomic E-state index is 5.82. The van der Waals surface area contributed by atoms with Crippen LogP contribution in [0.25, 0.3) is 28.3 Å². The van der Waals surface area contributed by atoms with E-state index in [0.717, 1.165) is 39.5 Å². The Labute approximate surface area is 136 Å². The van der Waals surface area contributed by atoms with E-state index in [9.17, 15) is 0 Å². The fourth-order valence-electron chi connectivity index (χ4n) is 2.90. The van der Waals surface area contributed by atoms with Gasteiger partial charge in [-0.2, -0.15) is 5.10 Å². The summed E-state index contributed by atoms with van der Waals surface area (Å²) in [5.41, 5.74) is 4.37. The number of para-hydroxylation sites is 2. The van der Waals surface area contributed by atoms with E-state index >= 15 is 0 Å². The Hall–Kier alpha value is -3.41. The minimum atomic E-state index is 0.575. The number of nitrogens with one attached hydrogen (secondary N) is 1. The zero-order chi connectivity index (χ0) is 15.9.